The largest absolute Gasteiger partial charge is 0.282 e. The van der Waals surface area contributed by atoms with Gasteiger partial charge < -0.3 is 0 Å². The van der Waals surface area contributed by atoms with E-state index >= 15 is 0 Å². The Morgan fingerprint density at radius 1 is 1.32 bits per heavy atom. The molecular weight excluding hydrogens is 318 g/mol. The Morgan fingerprint density at radius 3 is 2.86 bits per heavy atom. The molecule has 3 atom stereocenters. The molecule has 1 aromatic carbocycles. The van der Waals surface area contributed by atoms with Crippen LogP contribution in [0.2, 0.25) is 5.02 Å². The van der Waals surface area contributed by atoms with E-state index in [4.69, 9.17) is 11.6 Å². The van der Waals surface area contributed by atoms with Crippen LogP contribution in [0.25, 0.3) is 0 Å². The molecule has 0 aliphatic carbocycles. The van der Waals surface area contributed by atoms with Crippen LogP contribution in [0.4, 0.5) is 0 Å². The minimum absolute atomic E-state index is 0.206. The maximum Gasteiger partial charge on any atom is 0.128 e. The summed E-state index contributed by atoms with van der Waals surface area (Å²) in [6.07, 6.45) is 4.20. The van der Waals surface area contributed by atoms with Gasteiger partial charge in [-0.15, -0.1) is 0 Å². The molecule has 0 spiro atoms. The summed E-state index contributed by atoms with van der Waals surface area (Å²) in [5.41, 5.74) is 3.54. The van der Waals surface area contributed by atoms with Gasteiger partial charge in [0.25, 0.3) is 0 Å². The molecule has 0 saturated carbocycles. The highest BCUT2D eigenvalue weighted by molar-refractivity contribution is 7.82. The molecule has 1 N–H and O–H groups in total. The summed E-state index contributed by atoms with van der Waals surface area (Å²) in [4.78, 5) is 0.825. The maximum atomic E-state index is 13.1. The third-order valence-electron chi connectivity index (χ3n) is 4.72. The van der Waals surface area contributed by atoms with Gasteiger partial charge >= 0.3 is 0 Å². The van der Waals surface area contributed by atoms with E-state index in [0.29, 0.717) is 11.1 Å². The standard InChI is InChI=1S/C16H18ClN3OS/c1-10-16-14(19-18-10)9-12-3-2-4-15(16)20(12)22(21)13-7-5-11(17)6-8-13/h5-8,12,15H,2-4,9H2,1H3,(H,18,19). The number of nitrogens with zero attached hydrogens (tertiary/aromatic N) is 2. The van der Waals surface area contributed by atoms with Gasteiger partial charge in [0.1, 0.15) is 11.0 Å². The fourth-order valence-electron chi connectivity index (χ4n) is 3.75. The molecule has 1 fully saturated rings. The lowest BCUT2D eigenvalue weighted by Gasteiger charge is -2.44. The van der Waals surface area contributed by atoms with Gasteiger partial charge in [0.2, 0.25) is 0 Å². The first-order valence-corrected chi connectivity index (χ1v) is 9.13. The van der Waals surface area contributed by atoms with Crippen molar-refractivity contribution >= 4 is 22.6 Å². The number of H-pyrrole nitrogens is 1. The number of nitrogens with one attached hydrogen (secondary N) is 1. The number of hydrogen-bond donors (Lipinski definition) is 1. The second-order valence-corrected chi connectivity index (χ2v) is 7.90. The molecule has 3 heterocycles. The lowest BCUT2D eigenvalue weighted by molar-refractivity contribution is 0.170. The molecule has 3 unspecified atom stereocenters. The fourth-order valence-corrected chi connectivity index (χ4v) is 5.38. The van der Waals surface area contributed by atoms with Crippen molar-refractivity contribution < 1.29 is 4.21 Å². The summed E-state index contributed by atoms with van der Waals surface area (Å²) >= 11 is 5.95. The third-order valence-corrected chi connectivity index (χ3v) is 6.59. The summed E-state index contributed by atoms with van der Waals surface area (Å²) in [5, 5.41) is 8.23. The number of rotatable bonds is 2. The fraction of sp³-hybridized carbons (Fsp3) is 0.438. The van der Waals surface area contributed by atoms with Crippen molar-refractivity contribution in [3.05, 3.63) is 46.2 Å². The number of benzene rings is 1. The number of fused-ring (bicyclic) bond motifs is 4. The van der Waals surface area contributed by atoms with Crippen LogP contribution in [0.15, 0.2) is 29.2 Å². The lowest BCUT2D eigenvalue weighted by Crippen LogP contribution is -2.47. The molecule has 1 saturated heterocycles. The number of aromatic nitrogens is 2. The topological polar surface area (TPSA) is 49.0 Å². The molecule has 22 heavy (non-hydrogen) atoms. The van der Waals surface area contributed by atoms with Crippen LogP contribution in [-0.2, 0) is 17.4 Å². The Kier molecular flexibility index (Phi) is 3.59. The van der Waals surface area contributed by atoms with E-state index in [1.807, 2.05) is 24.3 Å². The van der Waals surface area contributed by atoms with Crippen molar-refractivity contribution in [3.63, 3.8) is 0 Å². The highest BCUT2D eigenvalue weighted by Crippen LogP contribution is 2.44. The van der Waals surface area contributed by atoms with Gasteiger partial charge in [0.05, 0.1) is 16.6 Å². The van der Waals surface area contributed by atoms with E-state index in [9.17, 15) is 4.21 Å². The molecular formula is C16H18ClN3OS. The first-order chi connectivity index (χ1) is 10.6. The average Bonchev–Trinajstić information content (AvgIpc) is 2.87. The highest BCUT2D eigenvalue weighted by Gasteiger charge is 2.42. The monoisotopic (exact) mass is 335 g/mol. The van der Waals surface area contributed by atoms with E-state index < -0.39 is 11.0 Å². The minimum atomic E-state index is -1.15. The maximum absolute atomic E-state index is 13.1. The molecule has 2 bridgehead atoms. The summed E-state index contributed by atoms with van der Waals surface area (Å²) in [5.74, 6) is 0. The minimum Gasteiger partial charge on any atom is -0.282 e. The Hall–Kier alpha value is -1.17. The number of halogens is 1. The Morgan fingerprint density at radius 2 is 2.09 bits per heavy atom. The zero-order valence-electron chi connectivity index (χ0n) is 12.4. The SMILES string of the molecule is Cc1[nH]nc2c1C1CCCC(C2)N1S(=O)c1ccc(Cl)cc1. The van der Waals surface area contributed by atoms with E-state index in [0.717, 1.165) is 35.5 Å². The molecule has 6 heteroatoms. The quantitative estimate of drug-likeness (QED) is 0.912. The predicted octanol–water partition coefficient (Wildman–Crippen LogP) is 3.55. The van der Waals surface area contributed by atoms with Gasteiger partial charge in [-0.2, -0.15) is 5.10 Å². The number of piperidine rings is 1. The second-order valence-electron chi connectivity index (χ2n) is 6.08. The average molecular weight is 336 g/mol. The van der Waals surface area contributed by atoms with E-state index in [1.54, 1.807) is 0 Å². The summed E-state index contributed by atoms with van der Waals surface area (Å²) in [6.45, 7) is 2.06. The van der Waals surface area contributed by atoms with Crippen LogP contribution in [0.1, 0.15) is 42.3 Å². The van der Waals surface area contributed by atoms with Crippen molar-refractivity contribution in [2.75, 3.05) is 0 Å². The van der Waals surface area contributed by atoms with Gasteiger partial charge in [-0.05, 0) is 50.5 Å². The smallest absolute Gasteiger partial charge is 0.128 e. The van der Waals surface area contributed by atoms with Crippen LogP contribution < -0.4 is 0 Å². The first-order valence-electron chi connectivity index (χ1n) is 7.64. The molecule has 2 aliphatic heterocycles. The molecule has 2 aliphatic rings. The first kappa shape index (κ1) is 14.4. The normalized spacial score (nSPS) is 25.7. The Balaban J connectivity index is 1.74. The van der Waals surface area contributed by atoms with E-state index in [-0.39, 0.29) is 6.04 Å². The molecule has 0 radical (unpaired) electrons. The lowest BCUT2D eigenvalue weighted by atomic mass is 9.84. The van der Waals surface area contributed by atoms with Crippen LogP contribution >= 0.6 is 11.6 Å². The van der Waals surface area contributed by atoms with Crippen molar-refractivity contribution in [3.8, 4) is 0 Å². The van der Waals surface area contributed by atoms with Crippen molar-refractivity contribution in [1.29, 1.82) is 0 Å². The summed E-state index contributed by atoms with van der Waals surface area (Å²) in [6, 6.07) is 7.87. The van der Waals surface area contributed by atoms with E-state index in [2.05, 4.69) is 21.4 Å². The second kappa shape index (κ2) is 5.48. The molecule has 4 nitrogen and oxygen atoms in total. The van der Waals surface area contributed by atoms with Crippen LogP contribution in [0, 0.1) is 6.92 Å². The molecule has 4 rings (SSSR count). The van der Waals surface area contributed by atoms with Crippen LogP contribution in [0.5, 0.6) is 0 Å². The molecule has 1 aromatic heterocycles. The number of aryl methyl sites for hydroxylation is 1. The number of aromatic amines is 1. The van der Waals surface area contributed by atoms with E-state index in [1.165, 1.54) is 12.0 Å². The molecule has 116 valence electrons. The van der Waals surface area contributed by atoms with Gasteiger partial charge in [-0.3, -0.25) is 5.10 Å². The number of hydrogen-bond acceptors (Lipinski definition) is 2. The summed E-state index contributed by atoms with van der Waals surface area (Å²) < 4.78 is 15.3. The van der Waals surface area contributed by atoms with Crippen LogP contribution in [-0.4, -0.2) is 24.8 Å². The summed E-state index contributed by atoms with van der Waals surface area (Å²) in [7, 11) is -1.15. The zero-order valence-corrected chi connectivity index (χ0v) is 14.0. The van der Waals surface area contributed by atoms with Crippen LogP contribution in [0.3, 0.4) is 0 Å². The third kappa shape index (κ3) is 2.23. The van der Waals surface area contributed by atoms with Gasteiger partial charge in [0, 0.05) is 28.7 Å². The highest BCUT2D eigenvalue weighted by atomic mass is 35.5. The molecule has 0 amide bonds. The zero-order chi connectivity index (χ0) is 15.3. The van der Waals surface area contributed by atoms with Crippen molar-refractivity contribution in [1.82, 2.24) is 14.5 Å². The van der Waals surface area contributed by atoms with Crippen molar-refractivity contribution in [2.45, 2.75) is 49.6 Å². The Bertz CT molecular complexity index is 727. The van der Waals surface area contributed by atoms with Crippen molar-refractivity contribution in [2.24, 2.45) is 0 Å². The van der Waals surface area contributed by atoms with Gasteiger partial charge in [0.15, 0.2) is 0 Å². The van der Waals surface area contributed by atoms with Gasteiger partial charge in [-0.25, -0.2) is 8.51 Å². The van der Waals surface area contributed by atoms with Gasteiger partial charge in [-0.1, -0.05) is 11.6 Å². The predicted molar refractivity (Wildman–Crippen MR) is 87.1 cm³/mol. The molecule has 2 aromatic rings. The Labute approximate surface area is 137 Å².